The van der Waals surface area contributed by atoms with Crippen LogP contribution in [0.4, 0.5) is 13.2 Å². The van der Waals surface area contributed by atoms with Crippen LogP contribution >= 0.6 is 0 Å². The monoisotopic (exact) mass is 323 g/mol. The summed E-state index contributed by atoms with van der Waals surface area (Å²) in [4.78, 5) is -0.831. The Morgan fingerprint density at radius 2 is 1.43 bits per heavy atom. The lowest BCUT2D eigenvalue weighted by atomic mass is 10.2. The Kier molecular flexibility index (Phi) is 5.81. The maximum absolute atomic E-state index is 13.8. The molecule has 0 fully saturated rings. The first-order chi connectivity index (χ1) is 9.57. The number of rotatable bonds is 6. The third-order valence-electron chi connectivity index (χ3n) is 2.76. The van der Waals surface area contributed by atoms with Crippen molar-refractivity contribution in [1.82, 2.24) is 4.31 Å². The van der Waals surface area contributed by atoms with E-state index >= 15 is 0 Å². The van der Waals surface area contributed by atoms with Gasteiger partial charge in [0.15, 0.2) is 17.5 Å². The van der Waals surface area contributed by atoms with Gasteiger partial charge in [0.25, 0.3) is 0 Å². The minimum absolute atomic E-state index is 0.0203. The molecule has 0 saturated carbocycles. The minimum Gasteiger partial charge on any atom is -0.207 e. The number of hydrogen-bond acceptors (Lipinski definition) is 2. The molecule has 0 bridgehead atoms. The molecule has 0 unspecified atom stereocenters. The summed E-state index contributed by atoms with van der Waals surface area (Å²) in [5, 5.41) is 0. The van der Waals surface area contributed by atoms with Gasteiger partial charge in [0.1, 0.15) is 4.90 Å². The third-order valence-corrected chi connectivity index (χ3v) is 4.60. The summed E-state index contributed by atoms with van der Waals surface area (Å²) in [7, 11) is -4.21. The van der Waals surface area contributed by atoms with Gasteiger partial charge >= 0.3 is 0 Å². The van der Waals surface area contributed by atoms with Crippen molar-refractivity contribution in [3.05, 3.63) is 29.6 Å². The average Bonchev–Trinajstić information content (AvgIpc) is 2.33. The number of nitrogens with zero attached hydrogens (tertiary/aromatic N) is 1. The zero-order valence-electron chi connectivity index (χ0n) is 12.5. The van der Waals surface area contributed by atoms with Gasteiger partial charge in [-0.2, -0.15) is 4.31 Å². The van der Waals surface area contributed by atoms with Gasteiger partial charge in [-0.3, -0.25) is 0 Å². The van der Waals surface area contributed by atoms with Crippen LogP contribution in [-0.4, -0.2) is 25.8 Å². The van der Waals surface area contributed by atoms with Crippen LogP contribution < -0.4 is 0 Å². The zero-order chi connectivity index (χ0) is 16.4. The molecule has 1 aromatic carbocycles. The molecule has 0 aromatic heterocycles. The van der Waals surface area contributed by atoms with Crippen molar-refractivity contribution in [2.45, 2.75) is 32.6 Å². The van der Waals surface area contributed by atoms with Gasteiger partial charge in [0.2, 0.25) is 10.0 Å². The maximum Gasteiger partial charge on any atom is 0.246 e. The molecule has 0 heterocycles. The van der Waals surface area contributed by atoms with E-state index < -0.39 is 32.4 Å². The summed E-state index contributed by atoms with van der Waals surface area (Å²) in [5.41, 5.74) is 0. The first kappa shape index (κ1) is 18.0. The molecule has 1 rings (SSSR count). The lowest BCUT2D eigenvalue weighted by molar-refractivity contribution is 0.330. The SMILES string of the molecule is CC(C)CN(CC(C)C)S(=O)(=O)c1ccc(F)c(F)c1F. The smallest absolute Gasteiger partial charge is 0.207 e. The van der Waals surface area contributed by atoms with Crippen molar-refractivity contribution in [3.8, 4) is 0 Å². The minimum atomic E-state index is -4.21. The molecule has 0 aliphatic rings. The fraction of sp³-hybridized carbons (Fsp3) is 0.571. The second kappa shape index (κ2) is 6.79. The lowest BCUT2D eigenvalue weighted by Crippen LogP contribution is -2.37. The van der Waals surface area contributed by atoms with E-state index in [1.165, 1.54) is 0 Å². The highest BCUT2D eigenvalue weighted by atomic mass is 32.2. The van der Waals surface area contributed by atoms with Crippen LogP contribution in [0, 0.1) is 29.3 Å². The normalized spacial score (nSPS) is 12.7. The summed E-state index contributed by atoms with van der Waals surface area (Å²) in [6, 6.07) is 1.38. The molecule has 3 nitrogen and oxygen atoms in total. The van der Waals surface area contributed by atoms with Gasteiger partial charge in [0, 0.05) is 13.1 Å². The van der Waals surface area contributed by atoms with Crippen LogP contribution in [0.3, 0.4) is 0 Å². The van der Waals surface area contributed by atoms with Gasteiger partial charge in [-0.25, -0.2) is 21.6 Å². The number of benzene rings is 1. The Morgan fingerprint density at radius 1 is 0.952 bits per heavy atom. The largest absolute Gasteiger partial charge is 0.246 e. The summed E-state index contributed by atoms with van der Waals surface area (Å²) < 4.78 is 66.1. The second-order valence-electron chi connectivity index (χ2n) is 5.78. The van der Waals surface area contributed by atoms with Crippen molar-refractivity contribution in [2.75, 3.05) is 13.1 Å². The number of halogens is 3. The molecule has 0 aliphatic heterocycles. The maximum atomic E-state index is 13.8. The van der Waals surface area contributed by atoms with E-state index in [4.69, 9.17) is 0 Å². The highest BCUT2D eigenvalue weighted by Crippen LogP contribution is 2.24. The highest BCUT2D eigenvalue weighted by Gasteiger charge is 2.30. The number of hydrogen-bond donors (Lipinski definition) is 0. The Balaban J connectivity index is 3.32. The van der Waals surface area contributed by atoms with E-state index in [1.807, 2.05) is 27.7 Å². The van der Waals surface area contributed by atoms with Gasteiger partial charge in [0.05, 0.1) is 0 Å². The molecule has 0 amide bonds. The fourth-order valence-corrected chi connectivity index (χ4v) is 3.75. The van der Waals surface area contributed by atoms with Crippen LogP contribution in [0.15, 0.2) is 17.0 Å². The summed E-state index contributed by atoms with van der Waals surface area (Å²) in [6.45, 7) is 7.65. The van der Waals surface area contributed by atoms with Crippen molar-refractivity contribution in [3.63, 3.8) is 0 Å². The standard InChI is InChI=1S/C14H20F3NO2S/c1-9(2)7-18(8-10(3)4)21(19,20)12-6-5-11(15)13(16)14(12)17/h5-6,9-10H,7-8H2,1-4H3. The zero-order valence-corrected chi connectivity index (χ0v) is 13.3. The molecule has 0 aliphatic carbocycles. The van der Waals surface area contributed by atoms with Crippen LogP contribution in [0.5, 0.6) is 0 Å². The molecular formula is C14H20F3NO2S. The molecule has 1 aromatic rings. The van der Waals surface area contributed by atoms with Crippen LogP contribution in [-0.2, 0) is 10.0 Å². The summed E-state index contributed by atoms with van der Waals surface area (Å²) >= 11 is 0. The van der Waals surface area contributed by atoms with Crippen molar-refractivity contribution < 1.29 is 21.6 Å². The molecule has 0 spiro atoms. The van der Waals surface area contributed by atoms with Crippen LogP contribution in [0.25, 0.3) is 0 Å². The second-order valence-corrected chi connectivity index (χ2v) is 7.69. The van der Waals surface area contributed by atoms with Gasteiger partial charge in [-0.1, -0.05) is 27.7 Å². The fourth-order valence-electron chi connectivity index (χ4n) is 1.93. The Labute approximate surface area is 123 Å². The quantitative estimate of drug-likeness (QED) is 0.752. The van der Waals surface area contributed by atoms with E-state index in [0.29, 0.717) is 6.07 Å². The Hall–Kier alpha value is -1.08. The first-order valence-corrected chi connectivity index (χ1v) is 8.15. The highest BCUT2D eigenvalue weighted by molar-refractivity contribution is 7.89. The predicted molar refractivity (Wildman–Crippen MR) is 74.8 cm³/mol. The molecule has 0 N–H and O–H groups in total. The van der Waals surface area contributed by atoms with Crippen molar-refractivity contribution in [1.29, 1.82) is 0 Å². The summed E-state index contributed by atoms with van der Waals surface area (Å²) in [5.74, 6) is -4.82. The average molecular weight is 323 g/mol. The molecule has 120 valence electrons. The molecular weight excluding hydrogens is 303 g/mol. The van der Waals surface area contributed by atoms with E-state index in [2.05, 4.69) is 0 Å². The van der Waals surface area contributed by atoms with Gasteiger partial charge < -0.3 is 0 Å². The van der Waals surface area contributed by atoms with Crippen LogP contribution in [0.2, 0.25) is 0 Å². The predicted octanol–water partition coefficient (Wildman–Crippen LogP) is 3.41. The molecule has 7 heteroatoms. The van der Waals surface area contributed by atoms with E-state index in [0.717, 1.165) is 10.4 Å². The first-order valence-electron chi connectivity index (χ1n) is 6.71. The molecule has 21 heavy (non-hydrogen) atoms. The summed E-state index contributed by atoms with van der Waals surface area (Å²) in [6.07, 6.45) is 0. The Morgan fingerprint density at radius 3 is 1.86 bits per heavy atom. The third kappa shape index (κ3) is 4.20. The van der Waals surface area contributed by atoms with E-state index in [9.17, 15) is 21.6 Å². The van der Waals surface area contributed by atoms with Crippen molar-refractivity contribution >= 4 is 10.0 Å². The topological polar surface area (TPSA) is 37.4 Å². The number of sulfonamides is 1. The molecule has 0 saturated heterocycles. The van der Waals surface area contributed by atoms with Crippen molar-refractivity contribution in [2.24, 2.45) is 11.8 Å². The molecule has 0 radical (unpaired) electrons. The Bertz CT molecular complexity index is 590. The molecule has 0 atom stereocenters. The van der Waals surface area contributed by atoms with Gasteiger partial charge in [-0.15, -0.1) is 0 Å². The lowest BCUT2D eigenvalue weighted by Gasteiger charge is -2.25. The van der Waals surface area contributed by atoms with E-state index in [-0.39, 0.29) is 24.9 Å². The van der Waals surface area contributed by atoms with E-state index in [1.54, 1.807) is 0 Å². The van der Waals surface area contributed by atoms with Gasteiger partial charge in [-0.05, 0) is 24.0 Å². The van der Waals surface area contributed by atoms with Crippen LogP contribution in [0.1, 0.15) is 27.7 Å².